The van der Waals surface area contributed by atoms with E-state index in [0.29, 0.717) is 11.3 Å². The van der Waals surface area contributed by atoms with E-state index in [1.807, 2.05) is 6.92 Å². The Morgan fingerprint density at radius 2 is 1.63 bits per heavy atom. The number of carbonyl (C=O) groups is 2. The SMILES string of the molecule is CC[C@@H](O)[C@H]1O[C@@H](n2cnc3c(N(C(=O)OC(C)(C)C)C(=O)OC(C)(C)C)ncnc32)[C@@H]2OC(C)(C)O[C@@H]21. The van der Waals surface area contributed by atoms with Crippen molar-refractivity contribution in [2.45, 2.75) is 116 Å². The summed E-state index contributed by atoms with van der Waals surface area (Å²) in [7, 11) is 0. The number of anilines is 1. The molecule has 0 bridgehead atoms. The van der Waals surface area contributed by atoms with Crippen LogP contribution in [-0.2, 0) is 23.7 Å². The average molecular weight is 536 g/mol. The Labute approximate surface area is 221 Å². The maximum Gasteiger partial charge on any atom is 0.425 e. The molecule has 0 radical (unpaired) electrons. The van der Waals surface area contributed by atoms with Crippen molar-refractivity contribution in [1.82, 2.24) is 19.5 Å². The number of amides is 2. The minimum absolute atomic E-state index is 0.110. The van der Waals surface area contributed by atoms with Crippen LogP contribution in [0.15, 0.2) is 12.7 Å². The summed E-state index contributed by atoms with van der Waals surface area (Å²) in [5.74, 6) is -0.995. The van der Waals surface area contributed by atoms with Crippen LogP contribution in [0.2, 0.25) is 0 Å². The van der Waals surface area contributed by atoms with E-state index in [1.165, 1.54) is 12.7 Å². The molecular formula is C25H37N5O8. The highest BCUT2D eigenvalue weighted by Crippen LogP contribution is 2.45. The lowest BCUT2D eigenvalue weighted by Crippen LogP contribution is -2.44. The van der Waals surface area contributed by atoms with Gasteiger partial charge in [0.1, 0.15) is 35.8 Å². The molecule has 13 nitrogen and oxygen atoms in total. The first-order valence-electron chi connectivity index (χ1n) is 12.6. The molecular weight excluding hydrogens is 498 g/mol. The Morgan fingerprint density at radius 3 is 2.18 bits per heavy atom. The van der Waals surface area contributed by atoms with Crippen molar-refractivity contribution in [3.05, 3.63) is 12.7 Å². The number of imide groups is 1. The molecule has 210 valence electrons. The number of hydrogen-bond acceptors (Lipinski definition) is 11. The maximum atomic E-state index is 13.2. The van der Waals surface area contributed by atoms with Crippen molar-refractivity contribution < 1.29 is 38.4 Å². The van der Waals surface area contributed by atoms with Crippen molar-refractivity contribution in [3.8, 4) is 0 Å². The lowest BCUT2D eigenvalue weighted by molar-refractivity contribution is -0.207. The van der Waals surface area contributed by atoms with Crippen LogP contribution in [0.4, 0.5) is 15.4 Å². The minimum atomic E-state index is -0.973. The van der Waals surface area contributed by atoms with Gasteiger partial charge in [0.2, 0.25) is 0 Å². The molecule has 4 heterocycles. The number of carbonyl (C=O) groups excluding carboxylic acids is 2. The smallest absolute Gasteiger partial charge is 0.425 e. The Morgan fingerprint density at radius 1 is 1.05 bits per heavy atom. The largest absolute Gasteiger partial charge is 0.443 e. The Kier molecular flexibility index (Phi) is 7.19. The summed E-state index contributed by atoms with van der Waals surface area (Å²) in [4.78, 5) is 40.1. The van der Waals surface area contributed by atoms with E-state index in [0.717, 1.165) is 0 Å². The van der Waals surface area contributed by atoms with Crippen molar-refractivity contribution in [2.24, 2.45) is 0 Å². The van der Waals surface area contributed by atoms with Gasteiger partial charge in [-0.2, -0.15) is 4.90 Å². The minimum Gasteiger partial charge on any atom is -0.443 e. The summed E-state index contributed by atoms with van der Waals surface area (Å²) < 4.78 is 31.0. The van der Waals surface area contributed by atoms with Gasteiger partial charge in [-0.05, 0) is 61.8 Å². The second-order valence-electron chi connectivity index (χ2n) is 11.8. The normalized spacial score (nSPS) is 25.7. The molecule has 38 heavy (non-hydrogen) atoms. The van der Waals surface area contributed by atoms with Crippen molar-refractivity contribution >= 4 is 29.2 Å². The average Bonchev–Trinajstić information content (AvgIpc) is 3.41. The number of imidazole rings is 1. The standard InChI is InChI=1S/C25H37N5O8/c1-10-13(31)15-16-17(36-25(8,9)35-16)20(34-15)29-12-28-14-18(29)26-11-27-19(14)30(21(32)37-23(2,3)4)22(33)38-24(5,6)7/h11-13,15-17,20,31H,10H2,1-9H3/t13-,15-,16-,17-,20-/m1/s1. The summed E-state index contributed by atoms with van der Waals surface area (Å²) in [5.41, 5.74) is -1.37. The third-order valence-corrected chi connectivity index (χ3v) is 5.84. The summed E-state index contributed by atoms with van der Waals surface area (Å²) >= 11 is 0. The van der Waals surface area contributed by atoms with Gasteiger partial charge in [-0.3, -0.25) is 4.57 Å². The van der Waals surface area contributed by atoms with E-state index in [1.54, 1.807) is 60.0 Å². The first kappa shape index (κ1) is 28.1. The van der Waals surface area contributed by atoms with Crippen molar-refractivity contribution in [2.75, 3.05) is 4.90 Å². The van der Waals surface area contributed by atoms with Crippen LogP contribution in [0.3, 0.4) is 0 Å². The summed E-state index contributed by atoms with van der Waals surface area (Å²) in [6.07, 6.45) is -2.09. The van der Waals surface area contributed by atoms with Crippen LogP contribution < -0.4 is 4.90 Å². The molecule has 0 spiro atoms. The lowest BCUT2D eigenvalue weighted by atomic mass is 10.0. The van der Waals surface area contributed by atoms with Gasteiger partial charge < -0.3 is 28.8 Å². The van der Waals surface area contributed by atoms with E-state index in [-0.39, 0.29) is 17.0 Å². The fourth-order valence-corrected chi connectivity index (χ4v) is 4.43. The molecule has 2 saturated heterocycles. The predicted molar refractivity (Wildman–Crippen MR) is 134 cm³/mol. The third kappa shape index (κ3) is 5.60. The van der Waals surface area contributed by atoms with Gasteiger partial charge in [0.05, 0.1) is 12.4 Å². The molecule has 2 fully saturated rings. The second-order valence-corrected chi connectivity index (χ2v) is 11.8. The Balaban J connectivity index is 1.77. The van der Waals surface area contributed by atoms with Crippen LogP contribution in [0.5, 0.6) is 0 Å². The number of hydrogen-bond donors (Lipinski definition) is 1. The molecule has 2 aromatic heterocycles. The highest BCUT2D eigenvalue weighted by Gasteiger charge is 2.57. The lowest BCUT2D eigenvalue weighted by Gasteiger charge is -2.28. The summed E-state index contributed by atoms with van der Waals surface area (Å²) in [6.45, 7) is 15.5. The summed E-state index contributed by atoms with van der Waals surface area (Å²) in [6, 6.07) is 0. The number of ether oxygens (including phenoxy) is 5. The van der Waals surface area contributed by atoms with Gasteiger partial charge in [0.25, 0.3) is 0 Å². The van der Waals surface area contributed by atoms with Crippen LogP contribution in [0, 0.1) is 0 Å². The summed E-state index contributed by atoms with van der Waals surface area (Å²) in [5, 5.41) is 10.6. The highest BCUT2D eigenvalue weighted by molar-refractivity contribution is 6.12. The molecule has 5 atom stereocenters. The third-order valence-electron chi connectivity index (χ3n) is 5.84. The quantitative estimate of drug-likeness (QED) is 0.611. The van der Waals surface area contributed by atoms with Gasteiger partial charge in [-0.25, -0.2) is 24.5 Å². The highest BCUT2D eigenvalue weighted by atomic mass is 16.8. The Hall–Kier alpha value is -2.87. The number of nitrogens with zero attached hydrogens (tertiary/aromatic N) is 5. The van der Waals surface area contributed by atoms with Crippen LogP contribution in [0.25, 0.3) is 11.2 Å². The molecule has 0 aromatic carbocycles. The van der Waals surface area contributed by atoms with E-state index in [4.69, 9.17) is 23.7 Å². The zero-order valence-corrected chi connectivity index (χ0v) is 23.3. The fourth-order valence-electron chi connectivity index (χ4n) is 4.43. The molecule has 0 unspecified atom stereocenters. The Bertz CT molecular complexity index is 1170. The van der Waals surface area contributed by atoms with Gasteiger partial charge in [0, 0.05) is 0 Å². The maximum absolute atomic E-state index is 13.2. The molecule has 2 aliphatic rings. The van der Waals surface area contributed by atoms with Gasteiger partial charge in [-0.1, -0.05) is 6.92 Å². The molecule has 2 aliphatic heterocycles. The first-order chi connectivity index (χ1) is 17.5. The molecule has 0 saturated carbocycles. The number of aromatic nitrogens is 4. The van der Waals surface area contributed by atoms with E-state index in [9.17, 15) is 14.7 Å². The fraction of sp³-hybridized carbons (Fsp3) is 0.720. The van der Waals surface area contributed by atoms with Crippen molar-refractivity contribution in [1.29, 1.82) is 0 Å². The van der Waals surface area contributed by atoms with Gasteiger partial charge >= 0.3 is 12.2 Å². The molecule has 4 rings (SSSR count). The van der Waals surface area contributed by atoms with E-state index >= 15 is 0 Å². The van der Waals surface area contributed by atoms with Crippen LogP contribution in [0.1, 0.15) is 75.0 Å². The molecule has 2 amide bonds. The zero-order valence-electron chi connectivity index (χ0n) is 23.3. The predicted octanol–water partition coefficient (Wildman–Crippen LogP) is 3.69. The van der Waals surface area contributed by atoms with Gasteiger partial charge in [-0.15, -0.1) is 0 Å². The van der Waals surface area contributed by atoms with E-state index in [2.05, 4.69) is 15.0 Å². The number of aliphatic hydroxyl groups is 1. The number of fused-ring (bicyclic) bond motifs is 2. The monoisotopic (exact) mass is 535 g/mol. The number of aliphatic hydroxyl groups excluding tert-OH is 1. The van der Waals surface area contributed by atoms with Crippen molar-refractivity contribution in [3.63, 3.8) is 0 Å². The second kappa shape index (κ2) is 9.70. The van der Waals surface area contributed by atoms with Gasteiger partial charge in [0.15, 0.2) is 29.0 Å². The molecule has 0 aliphatic carbocycles. The first-order valence-corrected chi connectivity index (χ1v) is 12.6. The topological polar surface area (TPSA) is 147 Å². The zero-order chi connectivity index (χ0) is 28.2. The number of rotatable bonds is 4. The van der Waals surface area contributed by atoms with Crippen LogP contribution >= 0.6 is 0 Å². The molecule has 13 heteroatoms. The van der Waals surface area contributed by atoms with E-state index < -0.39 is 59.8 Å². The molecule has 2 aromatic rings. The van der Waals surface area contributed by atoms with Crippen LogP contribution in [-0.4, -0.2) is 78.2 Å². The molecule has 1 N–H and O–H groups in total.